The fraction of sp³-hybridized carbons (Fsp3) is 0. The average molecular weight is 664 g/mol. The van der Waals surface area contributed by atoms with Crippen molar-refractivity contribution in [1.29, 1.82) is 0 Å². The van der Waals surface area contributed by atoms with E-state index in [1.807, 2.05) is 36.4 Å². The molecule has 0 fully saturated rings. The van der Waals surface area contributed by atoms with E-state index in [4.69, 9.17) is 15.0 Å². The maximum atomic E-state index is 5.18. The smallest absolute Gasteiger partial charge is 0.238 e. The number of para-hydroxylation sites is 3. The molecule has 0 bridgehead atoms. The number of rotatable bonds is 4. The van der Waals surface area contributed by atoms with Gasteiger partial charge < -0.3 is 4.57 Å². The first-order chi connectivity index (χ1) is 25.8. The number of hydrogen-bond acceptors (Lipinski definition) is 3. The summed E-state index contributed by atoms with van der Waals surface area (Å²) < 4.78 is 4.66. The second-order valence-electron chi connectivity index (χ2n) is 13.2. The summed E-state index contributed by atoms with van der Waals surface area (Å²) in [5.74, 6) is 1.86. The second-order valence-corrected chi connectivity index (χ2v) is 13.2. The third-order valence-corrected chi connectivity index (χ3v) is 10.3. The van der Waals surface area contributed by atoms with Gasteiger partial charge in [0, 0.05) is 49.1 Å². The first-order valence-electron chi connectivity index (χ1n) is 17.6. The second kappa shape index (κ2) is 11.2. The van der Waals surface area contributed by atoms with Crippen LogP contribution in [0.3, 0.4) is 0 Å². The molecule has 11 aromatic rings. The Balaban J connectivity index is 1.32. The molecule has 0 aliphatic rings. The van der Waals surface area contributed by atoms with Crippen LogP contribution in [-0.4, -0.2) is 24.1 Å². The lowest BCUT2D eigenvalue weighted by atomic mass is 9.93. The van der Waals surface area contributed by atoms with Crippen molar-refractivity contribution in [2.75, 3.05) is 0 Å². The molecule has 3 aromatic heterocycles. The topological polar surface area (TPSA) is 48.5 Å². The molecule has 3 heterocycles. The van der Waals surface area contributed by atoms with Gasteiger partial charge in [-0.05, 0) is 41.1 Å². The van der Waals surface area contributed by atoms with E-state index in [-0.39, 0.29) is 0 Å². The molecule has 52 heavy (non-hydrogen) atoms. The van der Waals surface area contributed by atoms with Gasteiger partial charge in [0.05, 0.1) is 22.1 Å². The van der Waals surface area contributed by atoms with Crippen LogP contribution in [0.2, 0.25) is 0 Å². The summed E-state index contributed by atoms with van der Waals surface area (Å²) in [6.45, 7) is 0. The SMILES string of the molecule is c1ccc(-c2nc(-c3ccccc3)nc(-n3c4ccccc4c4c5c6ccccc6c6c7ccccc7n(-c7ccccc7)c6c5ccc43)n2)cc1. The molecule has 0 atom stereocenters. The Labute approximate surface area is 298 Å². The molecule has 0 aliphatic carbocycles. The molecule has 0 saturated carbocycles. The fourth-order valence-corrected chi connectivity index (χ4v) is 8.18. The predicted molar refractivity (Wildman–Crippen MR) is 214 cm³/mol. The Morgan fingerprint density at radius 2 is 0.788 bits per heavy atom. The normalized spacial score (nSPS) is 11.8. The highest BCUT2D eigenvalue weighted by molar-refractivity contribution is 6.38. The first kappa shape index (κ1) is 28.7. The van der Waals surface area contributed by atoms with Crippen molar-refractivity contribution < 1.29 is 0 Å². The summed E-state index contributed by atoms with van der Waals surface area (Å²) in [6.07, 6.45) is 0. The number of fused-ring (bicyclic) bond motifs is 12. The van der Waals surface area contributed by atoms with E-state index in [1.165, 1.54) is 48.7 Å². The number of nitrogens with zero attached hydrogens (tertiary/aromatic N) is 5. The molecule has 0 spiro atoms. The van der Waals surface area contributed by atoms with Gasteiger partial charge in [-0.25, -0.2) is 4.98 Å². The molecule has 5 heteroatoms. The van der Waals surface area contributed by atoms with Gasteiger partial charge in [-0.1, -0.05) is 146 Å². The lowest BCUT2D eigenvalue weighted by molar-refractivity contribution is 0.953. The Bertz CT molecular complexity index is 3100. The van der Waals surface area contributed by atoms with E-state index < -0.39 is 0 Å². The molecule has 0 amide bonds. The van der Waals surface area contributed by atoms with Gasteiger partial charge in [0.1, 0.15) is 0 Å². The molecule has 0 radical (unpaired) electrons. The summed E-state index contributed by atoms with van der Waals surface area (Å²) in [5.41, 5.74) is 7.51. The van der Waals surface area contributed by atoms with Crippen LogP contribution < -0.4 is 0 Å². The monoisotopic (exact) mass is 663 g/mol. The molecular formula is C47H29N5. The summed E-state index contributed by atoms with van der Waals surface area (Å²) >= 11 is 0. The van der Waals surface area contributed by atoms with Crippen LogP contribution >= 0.6 is 0 Å². The molecule has 0 aliphatic heterocycles. The van der Waals surface area contributed by atoms with Crippen molar-refractivity contribution in [3.63, 3.8) is 0 Å². The van der Waals surface area contributed by atoms with Crippen LogP contribution in [0.25, 0.3) is 99.6 Å². The lowest BCUT2D eigenvalue weighted by Gasteiger charge is -2.14. The number of hydrogen-bond donors (Lipinski definition) is 0. The van der Waals surface area contributed by atoms with Crippen LogP contribution in [0.4, 0.5) is 0 Å². The van der Waals surface area contributed by atoms with Gasteiger partial charge in [0.2, 0.25) is 5.95 Å². The van der Waals surface area contributed by atoms with Gasteiger partial charge in [-0.3, -0.25) is 4.57 Å². The average Bonchev–Trinajstić information content (AvgIpc) is 3.75. The maximum Gasteiger partial charge on any atom is 0.238 e. The Hall–Kier alpha value is -7.11. The van der Waals surface area contributed by atoms with Crippen LogP contribution in [0.5, 0.6) is 0 Å². The van der Waals surface area contributed by atoms with Crippen LogP contribution in [0, 0.1) is 0 Å². The molecule has 242 valence electrons. The Kier molecular flexibility index (Phi) is 6.18. The van der Waals surface area contributed by atoms with E-state index in [2.05, 4.69) is 149 Å². The highest BCUT2D eigenvalue weighted by Crippen LogP contribution is 2.46. The van der Waals surface area contributed by atoms with Gasteiger partial charge in [-0.2, -0.15) is 9.97 Å². The Morgan fingerprint density at radius 3 is 1.40 bits per heavy atom. The maximum absolute atomic E-state index is 5.18. The third kappa shape index (κ3) is 4.14. The van der Waals surface area contributed by atoms with Gasteiger partial charge in [0.15, 0.2) is 11.6 Å². The van der Waals surface area contributed by atoms with Gasteiger partial charge >= 0.3 is 0 Å². The van der Waals surface area contributed by atoms with Crippen LogP contribution in [0.15, 0.2) is 176 Å². The standard InChI is InChI=1S/C47H29N5/c1-4-16-30(17-5-1)45-48-46(31-18-6-2-7-19-31)50-47(49-45)52-39-27-15-13-25-36(39)43-40(52)29-28-37-41(43)33-22-10-11-23-34(33)42-35-24-12-14-26-38(35)51(44(37)42)32-20-8-3-9-21-32/h1-29H. The zero-order valence-corrected chi connectivity index (χ0v) is 28.0. The van der Waals surface area contributed by atoms with E-state index in [1.54, 1.807) is 0 Å². The van der Waals surface area contributed by atoms with E-state index in [9.17, 15) is 0 Å². The largest absolute Gasteiger partial charge is 0.309 e. The molecular weight excluding hydrogens is 635 g/mol. The van der Waals surface area contributed by atoms with Gasteiger partial charge in [-0.15, -0.1) is 0 Å². The molecule has 0 unspecified atom stereocenters. The minimum Gasteiger partial charge on any atom is -0.309 e. The first-order valence-corrected chi connectivity index (χ1v) is 17.6. The minimum absolute atomic E-state index is 0.585. The Morgan fingerprint density at radius 1 is 0.308 bits per heavy atom. The zero-order valence-electron chi connectivity index (χ0n) is 28.0. The van der Waals surface area contributed by atoms with E-state index in [0.717, 1.165) is 33.2 Å². The number of benzene rings is 8. The van der Waals surface area contributed by atoms with Crippen molar-refractivity contribution in [2.24, 2.45) is 0 Å². The van der Waals surface area contributed by atoms with Crippen LogP contribution in [0.1, 0.15) is 0 Å². The highest BCUT2D eigenvalue weighted by atomic mass is 15.2. The van der Waals surface area contributed by atoms with Crippen molar-refractivity contribution in [3.8, 4) is 34.4 Å². The van der Waals surface area contributed by atoms with Crippen molar-refractivity contribution >= 4 is 65.2 Å². The summed E-state index contributed by atoms with van der Waals surface area (Å²) in [6, 6.07) is 61.9. The zero-order chi connectivity index (χ0) is 34.2. The molecule has 0 saturated heterocycles. The van der Waals surface area contributed by atoms with E-state index >= 15 is 0 Å². The highest BCUT2D eigenvalue weighted by Gasteiger charge is 2.24. The summed E-state index contributed by atoms with van der Waals surface area (Å²) in [5, 5.41) is 9.72. The van der Waals surface area contributed by atoms with E-state index in [0.29, 0.717) is 17.6 Å². The van der Waals surface area contributed by atoms with Crippen molar-refractivity contribution in [1.82, 2.24) is 24.1 Å². The fourth-order valence-electron chi connectivity index (χ4n) is 8.18. The summed E-state index contributed by atoms with van der Waals surface area (Å²) in [4.78, 5) is 15.4. The van der Waals surface area contributed by atoms with Crippen molar-refractivity contribution in [3.05, 3.63) is 176 Å². The molecule has 0 N–H and O–H groups in total. The van der Waals surface area contributed by atoms with Crippen LogP contribution in [-0.2, 0) is 0 Å². The lowest BCUT2D eigenvalue weighted by Crippen LogP contribution is -2.06. The van der Waals surface area contributed by atoms with Crippen molar-refractivity contribution in [2.45, 2.75) is 0 Å². The molecule has 11 rings (SSSR count). The molecule has 8 aromatic carbocycles. The summed E-state index contributed by atoms with van der Waals surface area (Å²) in [7, 11) is 0. The quantitative estimate of drug-likeness (QED) is 0.176. The molecule has 5 nitrogen and oxygen atoms in total. The number of aromatic nitrogens is 5. The minimum atomic E-state index is 0.585. The predicted octanol–water partition coefficient (Wildman–Crippen LogP) is 11.7. The third-order valence-electron chi connectivity index (χ3n) is 10.3. The van der Waals surface area contributed by atoms with Gasteiger partial charge in [0.25, 0.3) is 0 Å².